The SMILES string of the molecule is c1ccc(-c2cccc(N(c3ccccc3)c3cccc(-c4ccc5c(c4)[Si](c4ccccc4)(c4ccccc4)c4ccccc4N5c4ccccc4)n3)n2)cc1. The fourth-order valence-corrected chi connectivity index (χ4v) is 13.6. The van der Waals surface area contributed by atoms with E-state index in [0.717, 1.165) is 45.5 Å². The van der Waals surface area contributed by atoms with E-state index in [4.69, 9.17) is 9.97 Å². The van der Waals surface area contributed by atoms with E-state index in [0.29, 0.717) is 0 Å². The lowest BCUT2D eigenvalue weighted by atomic mass is 10.1. The molecule has 0 bridgehead atoms. The molecule has 2 aromatic heterocycles. The molecular formula is C52H38N4Si. The Morgan fingerprint density at radius 1 is 0.368 bits per heavy atom. The molecule has 0 N–H and O–H groups in total. The standard InChI is InChI=1S/C52H38N4Si/c1-6-20-39(21-7-1)45-30-18-34-51(53-45)56(42-24-10-3-11-25-42)52-35-19-31-46(54-52)40-36-37-48-50(38-40)57(43-26-12-4-13-27-43,44-28-14-5-15-29-44)49-33-17-16-32-47(49)55(48)41-22-8-2-9-23-41/h1-38H. The maximum Gasteiger partial charge on any atom is 0.184 e. The Hall–Kier alpha value is -7.34. The Bertz CT molecular complexity index is 2760. The number of rotatable bonds is 8. The van der Waals surface area contributed by atoms with Crippen LogP contribution in [-0.2, 0) is 0 Å². The summed E-state index contributed by atoms with van der Waals surface area (Å²) in [5, 5.41) is 5.37. The third-order valence-corrected chi connectivity index (χ3v) is 15.8. The molecule has 1 aliphatic rings. The van der Waals surface area contributed by atoms with Gasteiger partial charge in [0.25, 0.3) is 0 Å². The molecule has 3 heterocycles. The van der Waals surface area contributed by atoms with Crippen LogP contribution in [0.1, 0.15) is 0 Å². The second-order valence-electron chi connectivity index (χ2n) is 14.2. The highest BCUT2D eigenvalue weighted by Crippen LogP contribution is 2.40. The van der Waals surface area contributed by atoms with Crippen molar-refractivity contribution in [2.75, 3.05) is 9.80 Å². The summed E-state index contributed by atoms with van der Waals surface area (Å²) in [5.41, 5.74) is 8.45. The van der Waals surface area contributed by atoms with Crippen molar-refractivity contribution >= 4 is 63.2 Å². The molecule has 57 heavy (non-hydrogen) atoms. The van der Waals surface area contributed by atoms with Crippen LogP contribution >= 0.6 is 0 Å². The van der Waals surface area contributed by atoms with Gasteiger partial charge in [-0.1, -0.05) is 170 Å². The average molecular weight is 747 g/mol. The molecule has 5 heteroatoms. The summed E-state index contributed by atoms with van der Waals surface area (Å²) in [4.78, 5) is 15.2. The first-order valence-corrected chi connectivity index (χ1v) is 21.3. The van der Waals surface area contributed by atoms with E-state index in [9.17, 15) is 0 Å². The number of aromatic nitrogens is 2. The maximum absolute atomic E-state index is 5.45. The smallest absolute Gasteiger partial charge is 0.184 e. The van der Waals surface area contributed by atoms with Crippen LogP contribution in [0.25, 0.3) is 22.5 Å². The zero-order valence-corrected chi connectivity index (χ0v) is 32.2. The highest BCUT2D eigenvalue weighted by molar-refractivity contribution is 7.21. The predicted octanol–water partition coefficient (Wildman–Crippen LogP) is 10.4. The van der Waals surface area contributed by atoms with E-state index >= 15 is 0 Å². The van der Waals surface area contributed by atoms with Crippen molar-refractivity contribution in [3.8, 4) is 22.5 Å². The van der Waals surface area contributed by atoms with E-state index in [1.54, 1.807) is 0 Å². The van der Waals surface area contributed by atoms with Crippen LogP contribution in [-0.4, -0.2) is 18.0 Å². The van der Waals surface area contributed by atoms with E-state index in [1.165, 1.54) is 32.1 Å². The average Bonchev–Trinajstić information content (AvgIpc) is 3.30. The zero-order chi connectivity index (χ0) is 38.0. The molecule has 1 aliphatic heterocycles. The summed E-state index contributed by atoms with van der Waals surface area (Å²) in [6.45, 7) is 0. The van der Waals surface area contributed by atoms with Crippen molar-refractivity contribution in [2.24, 2.45) is 0 Å². The number of hydrogen-bond donors (Lipinski definition) is 0. The van der Waals surface area contributed by atoms with Crippen molar-refractivity contribution in [1.82, 2.24) is 9.97 Å². The van der Waals surface area contributed by atoms with Gasteiger partial charge in [-0.2, -0.15) is 0 Å². The minimum atomic E-state index is -2.88. The first kappa shape index (κ1) is 34.2. The van der Waals surface area contributed by atoms with Crippen molar-refractivity contribution in [3.63, 3.8) is 0 Å². The van der Waals surface area contributed by atoms with Crippen molar-refractivity contribution in [1.29, 1.82) is 0 Å². The van der Waals surface area contributed by atoms with Crippen LogP contribution in [0.2, 0.25) is 0 Å². The molecule has 0 saturated heterocycles. The fourth-order valence-electron chi connectivity index (χ4n) is 8.46. The molecular weight excluding hydrogens is 709 g/mol. The molecule has 9 aromatic rings. The van der Waals surface area contributed by atoms with Gasteiger partial charge in [0.1, 0.15) is 11.6 Å². The molecule has 0 unspecified atom stereocenters. The number of anilines is 6. The largest absolute Gasteiger partial charge is 0.311 e. The molecule has 10 rings (SSSR count). The van der Waals surface area contributed by atoms with Crippen molar-refractivity contribution in [2.45, 2.75) is 0 Å². The third-order valence-electron chi connectivity index (χ3n) is 10.9. The van der Waals surface area contributed by atoms with E-state index in [1.807, 2.05) is 24.3 Å². The Morgan fingerprint density at radius 3 is 1.47 bits per heavy atom. The minimum Gasteiger partial charge on any atom is -0.311 e. The fraction of sp³-hybridized carbons (Fsp3) is 0. The van der Waals surface area contributed by atoms with Crippen LogP contribution in [0.5, 0.6) is 0 Å². The van der Waals surface area contributed by atoms with E-state index in [-0.39, 0.29) is 0 Å². The van der Waals surface area contributed by atoms with Gasteiger partial charge in [-0.25, -0.2) is 9.97 Å². The van der Waals surface area contributed by atoms with Crippen LogP contribution in [0, 0.1) is 0 Å². The van der Waals surface area contributed by atoms with E-state index < -0.39 is 8.07 Å². The Labute approximate surface area is 334 Å². The number of nitrogens with zero attached hydrogens (tertiary/aromatic N) is 4. The molecule has 0 radical (unpaired) electrons. The molecule has 0 atom stereocenters. The number of para-hydroxylation sites is 3. The second kappa shape index (κ2) is 14.7. The summed E-state index contributed by atoms with van der Waals surface area (Å²) in [7, 11) is -2.88. The summed E-state index contributed by atoms with van der Waals surface area (Å²) in [6.07, 6.45) is 0. The molecule has 7 aromatic carbocycles. The first-order valence-electron chi connectivity index (χ1n) is 19.3. The second-order valence-corrected chi connectivity index (χ2v) is 17.9. The number of pyridine rings is 2. The Balaban J connectivity index is 1.19. The highest BCUT2D eigenvalue weighted by Gasteiger charge is 2.49. The van der Waals surface area contributed by atoms with Gasteiger partial charge in [0.15, 0.2) is 8.07 Å². The van der Waals surface area contributed by atoms with Gasteiger partial charge in [-0.15, -0.1) is 0 Å². The quantitative estimate of drug-likeness (QED) is 0.145. The Morgan fingerprint density at radius 2 is 0.860 bits per heavy atom. The topological polar surface area (TPSA) is 32.3 Å². The summed E-state index contributed by atoms with van der Waals surface area (Å²) >= 11 is 0. The lowest BCUT2D eigenvalue weighted by Crippen LogP contribution is -2.77. The maximum atomic E-state index is 5.45. The molecule has 0 fully saturated rings. The lowest BCUT2D eigenvalue weighted by Gasteiger charge is -2.45. The molecule has 0 amide bonds. The van der Waals surface area contributed by atoms with Gasteiger partial charge >= 0.3 is 0 Å². The molecule has 4 nitrogen and oxygen atoms in total. The Kier molecular flexibility index (Phi) is 8.82. The minimum absolute atomic E-state index is 0.792. The van der Waals surface area contributed by atoms with Crippen LogP contribution in [0.4, 0.5) is 34.4 Å². The summed E-state index contributed by atoms with van der Waals surface area (Å²) in [6, 6.07) is 82.3. The molecule has 0 aliphatic carbocycles. The molecule has 0 saturated carbocycles. The number of fused-ring (bicyclic) bond motifs is 2. The highest BCUT2D eigenvalue weighted by atomic mass is 28.3. The normalized spacial score (nSPS) is 12.7. The molecule has 0 spiro atoms. The first-order chi connectivity index (χ1) is 28.3. The zero-order valence-electron chi connectivity index (χ0n) is 31.2. The summed E-state index contributed by atoms with van der Waals surface area (Å²) in [5.74, 6) is 1.59. The van der Waals surface area contributed by atoms with Crippen LogP contribution in [0.3, 0.4) is 0 Å². The van der Waals surface area contributed by atoms with E-state index in [2.05, 4.69) is 216 Å². The van der Waals surface area contributed by atoms with Crippen LogP contribution < -0.4 is 30.5 Å². The third kappa shape index (κ3) is 6.02. The lowest BCUT2D eigenvalue weighted by molar-refractivity contribution is 1.13. The monoisotopic (exact) mass is 746 g/mol. The predicted molar refractivity (Wildman–Crippen MR) is 239 cm³/mol. The van der Waals surface area contributed by atoms with Gasteiger partial charge in [0, 0.05) is 33.9 Å². The van der Waals surface area contributed by atoms with Crippen LogP contribution in [0.15, 0.2) is 231 Å². The van der Waals surface area contributed by atoms with Gasteiger partial charge in [-0.3, -0.25) is 4.90 Å². The van der Waals surface area contributed by atoms with Gasteiger partial charge in [0.2, 0.25) is 0 Å². The van der Waals surface area contributed by atoms with Crippen molar-refractivity contribution in [3.05, 3.63) is 231 Å². The van der Waals surface area contributed by atoms with Gasteiger partial charge in [-0.05, 0) is 81.4 Å². The number of hydrogen-bond acceptors (Lipinski definition) is 4. The van der Waals surface area contributed by atoms with Crippen molar-refractivity contribution < 1.29 is 0 Å². The summed E-state index contributed by atoms with van der Waals surface area (Å²) < 4.78 is 0. The molecule has 270 valence electrons. The van der Waals surface area contributed by atoms with Gasteiger partial charge in [0.05, 0.1) is 11.4 Å². The van der Waals surface area contributed by atoms with Gasteiger partial charge < -0.3 is 4.90 Å². The number of benzene rings is 7.